The van der Waals surface area contributed by atoms with Crippen molar-refractivity contribution in [2.24, 2.45) is 0 Å². The molecule has 0 bridgehead atoms. The lowest BCUT2D eigenvalue weighted by atomic mass is 10.1. The Hall–Kier alpha value is -1.58. The Labute approximate surface area is 88.9 Å². The lowest BCUT2D eigenvalue weighted by Gasteiger charge is -2.01. The zero-order valence-electron chi connectivity index (χ0n) is 9.32. The maximum atomic E-state index is 5.17. The molecule has 15 heavy (non-hydrogen) atoms. The van der Waals surface area contributed by atoms with Gasteiger partial charge in [-0.05, 0) is 26.3 Å². The van der Waals surface area contributed by atoms with E-state index in [1.807, 2.05) is 30.8 Å². The van der Waals surface area contributed by atoms with Crippen LogP contribution in [0, 0.1) is 13.8 Å². The molecule has 0 saturated carbocycles. The van der Waals surface area contributed by atoms with E-state index >= 15 is 0 Å². The SMILES string of the molecule is CCc1noc(C)c1Cn1ccc(C)n1. The summed E-state index contributed by atoms with van der Waals surface area (Å²) in [6.07, 6.45) is 2.87. The van der Waals surface area contributed by atoms with Crippen molar-refractivity contribution in [2.45, 2.75) is 33.7 Å². The van der Waals surface area contributed by atoms with Crippen LogP contribution in [0.4, 0.5) is 0 Å². The number of aromatic nitrogens is 3. The van der Waals surface area contributed by atoms with Crippen molar-refractivity contribution >= 4 is 0 Å². The molecule has 0 saturated heterocycles. The van der Waals surface area contributed by atoms with Crippen molar-refractivity contribution in [1.82, 2.24) is 14.9 Å². The molecule has 0 spiro atoms. The molecular weight excluding hydrogens is 190 g/mol. The van der Waals surface area contributed by atoms with Gasteiger partial charge in [-0.15, -0.1) is 0 Å². The Balaban J connectivity index is 2.26. The number of nitrogens with zero attached hydrogens (tertiary/aromatic N) is 3. The van der Waals surface area contributed by atoms with Crippen LogP contribution >= 0.6 is 0 Å². The van der Waals surface area contributed by atoms with Crippen LogP contribution in [-0.4, -0.2) is 14.9 Å². The van der Waals surface area contributed by atoms with E-state index in [4.69, 9.17) is 4.52 Å². The summed E-state index contributed by atoms with van der Waals surface area (Å²) < 4.78 is 7.09. The zero-order chi connectivity index (χ0) is 10.8. The van der Waals surface area contributed by atoms with E-state index in [1.54, 1.807) is 0 Å². The Morgan fingerprint density at radius 1 is 1.40 bits per heavy atom. The van der Waals surface area contributed by atoms with Gasteiger partial charge in [-0.3, -0.25) is 4.68 Å². The molecule has 0 radical (unpaired) electrons. The summed E-state index contributed by atoms with van der Waals surface area (Å²) in [5, 5.41) is 8.37. The average molecular weight is 205 g/mol. The highest BCUT2D eigenvalue weighted by Crippen LogP contribution is 2.15. The third-order valence-electron chi connectivity index (χ3n) is 2.50. The second-order valence-electron chi connectivity index (χ2n) is 3.67. The van der Waals surface area contributed by atoms with Crippen LogP contribution in [0.5, 0.6) is 0 Å². The van der Waals surface area contributed by atoms with E-state index in [0.717, 1.165) is 35.7 Å². The minimum Gasteiger partial charge on any atom is -0.361 e. The Morgan fingerprint density at radius 3 is 2.80 bits per heavy atom. The predicted molar refractivity (Wildman–Crippen MR) is 56.7 cm³/mol. The van der Waals surface area contributed by atoms with Crippen LogP contribution in [0.1, 0.15) is 29.6 Å². The fourth-order valence-corrected chi connectivity index (χ4v) is 1.63. The van der Waals surface area contributed by atoms with Gasteiger partial charge in [0.05, 0.1) is 17.9 Å². The maximum Gasteiger partial charge on any atom is 0.138 e. The predicted octanol–water partition coefficient (Wildman–Crippen LogP) is 2.10. The molecule has 0 atom stereocenters. The first kappa shape index (κ1) is 9.96. The molecule has 0 unspecified atom stereocenters. The van der Waals surface area contributed by atoms with Gasteiger partial charge in [-0.1, -0.05) is 12.1 Å². The molecule has 0 aromatic carbocycles. The minimum atomic E-state index is 0.742. The van der Waals surface area contributed by atoms with Crippen LogP contribution < -0.4 is 0 Å². The number of hydrogen-bond donors (Lipinski definition) is 0. The van der Waals surface area contributed by atoms with Gasteiger partial charge in [0.2, 0.25) is 0 Å². The molecule has 0 fully saturated rings. The van der Waals surface area contributed by atoms with E-state index < -0.39 is 0 Å². The van der Waals surface area contributed by atoms with Gasteiger partial charge < -0.3 is 4.52 Å². The Morgan fingerprint density at radius 2 is 2.20 bits per heavy atom. The molecule has 4 heteroatoms. The first-order chi connectivity index (χ1) is 7.20. The lowest BCUT2D eigenvalue weighted by molar-refractivity contribution is 0.390. The summed E-state index contributed by atoms with van der Waals surface area (Å²) >= 11 is 0. The van der Waals surface area contributed by atoms with E-state index in [0.29, 0.717) is 0 Å². The van der Waals surface area contributed by atoms with Crippen LogP contribution in [0.2, 0.25) is 0 Å². The van der Waals surface area contributed by atoms with Crippen LogP contribution in [0.3, 0.4) is 0 Å². The maximum absolute atomic E-state index is 5.17. The van der Waals surface area contributed by atoms with Crippen molar-refractivity contribution in [3.8, 4) is 0 Å². The van der Waals surface area contributed by atoms with E-state index in [1.165, 1.54) is 0 Å². The van der Waals surface area contributed by atoms with Gasteiger partial charge in [-0.2, -0.15) is 5.10 Å². The molecule has 2 heterocycles. The van der Waals surface area contributed by atoms with Gasteiger partial charge in [0.15, 0.2) is 0 Å². The van der Waals surface area contributed by atoms with Gasteiger partial charge >= 0.3 is 0 Å². The van der Waals surface area contributed by atoms with Crippen molar-refractivity contribution < 1.29 is 4.52 Å². The Bertz CT molecular complexity index is 456. The summed E-state index contributed by atoms with van der Waals surface area (Å²) in [6.45, 7) is 6.75. The number of aryl methyl sites for hydroxylation is 3. The fourth-order valence-electron chi connectivity index (χ4n) is 1.63. The van der Waals surface area contributed by atoms with Crippen molar-refractivity contribution in [2.75, 3.05) is 0 Å². The molecule has 2 aromatic rings. The summed E-state index contributed by atoms with van der Waals surface area (Å²) in [7, 11) is 0. The standard InChI is InChI=1S/C11H15N3O/c1-4-11-10(9(3)15-13-11)7-14-6-5-8(2)12-14/h5-6H,4,7H2,1-3H3. The summed E-state index contributed by atoms with van der Waals surface area (Å²) in [6, 6.07) is 1.99. The highest BCUT2D eigenvalue weighted by Gasteiger charge is 2.11. The first-order valence-electron chi connectivity index (χ1n) is 5.14. The molecule has 0 aliphatic rings. The largest absolute Gasteiger partial charge is 0.361 e. The lowest BCUT2D eigenvalue weighted by Crippen LogP contribution is -2.03. The molecule has 0 amide bonds. The van der Waals surface area contributed by atoms with Crippen molar-refractivity contribution in [3.63, 3.8) is 0 Å². The molecule has 80 valence electrons. The summed E-state index contributed by atoms with van der Waals surface area (Å²) in [4.78, 5) is 0. The Kier molecular flexibility index (Phi) is 2.58. The van der Waals surface area contributed by atoms with Crippen molar-refractivity contribution in [1.29, 1.82) is 0 Å². The third-order valence-corrected chi connectivity index (χ3v) is 2.50. The van der Waals surface area contributed by atoms with Crippen LogP contribution in [0.15, 0.2) is 16.8 Å². The molecule has 2 rings (SSSR count). The van der Waals surface area contributed by atoms with Gasteiger partial charge in [0, 0.05) is 11.8 Å². The first-order valence-corrected chi connectivity index (χ1v) is 5.14. The van der Waals surface area contributed by atoms with Crippen LogP contribution in [-0.2, 0) is 13.0 Å². The summed E-state index contributed by atoms with van der Waals surface area (Å²) in [5.74, 6) is 0.889. The molecule has 0 aliphatic carbocycles. The average Bonchev–Trinajstić information content (AvgIpc) is 2.76. The molecule has 0 aliphatic heterocycles. The van der Waals surface area contributed by atoms with Crippen LogP contribution in [0.25, 0.3) is 0 Å². The van der Waals surface area contributed by atoms with Crippen molar-refractivity contribution in [3.05, 3.63) is 35.0 Å². The van der Waals surface area contributed by atoms with E-state index in [-0.39, 0.29) is 0 Å². The summed E-state index contributed by atoms with van der Waals surface area (Å²) in [5.41, 5.74) is 3.21. The minimum absolute atomic E-state index is 0.742. The highest BCUT2D eigenvalue weighted by atomic mass is 16.5. The topological polar surface area (TPSA) is 43.9 Å². The van der Waals surface area contributed by atoms with E-state index in [2.05, 4.69) is 17.2 Å². The molecule has 2 aromatic heterocycles. The monoisotopic (exact) mass is 205 g/mol. The third kappa shape index (κ3) is 1.93. The fraction of sp³-hybridized carbons (Fsp3) is 0.455. The normalized spacial score (nSPS) is 10.9. The molecule has 4 nitrogen and oxygen atoms in total. The second kappa shape index (κ2) is 3.88. The van der Waals surface area contributed by atoms with Gasteiger partial charge in [-0.25, -0.2) is 0 Å². The second-order valence-corrected chi connectivity index (χ2v) is 3.67. The molecular formula is C11H15N3O. The van der Waals surface area contributed by atoms with E-state index in [9.17, 15) is 0 Å². The quantitative estimate of drug-likeness (QED) is 0.770. The smallest absolute Gasteiger partial charge is 0.138 e. The van der Waals surface area contributed by atoms with Gasteiger partial charge in [0.1, 0.15) is 5.76 Å². The highest BCUT2D eigenvalue weighted by molar-refractivity contribution is 5.22. The number of hydrogen-bond acceptors (Lipinski definition) is 3. The molecule has 0 N–H and O–H groups in total. The zero-order valence-corrected chi connectivity index (χ0v) is 9.32. The van der Waals surface area contributed by atoms with Gasteiger partial charge in [0.25, 0.3) is 0 Å². The number of rotatable bonds is 3.